The second kappa shape index (κ2) is 15.5. The molecule has 0 aliphatic rings. The molecule has 0 radical (unpaired) electrons. The van der Waals surface area contributed by atoms with E-state index in [0.29, 0.717) is 25.7 Å². The molecule has 6 aromatic carbocycles. The van der Waals surface area contributed by atoms with Crippen LogP contribution in [0.3, 0.4) is 0 Å². The van der Waals surface area contributed by atoms with Gasteiger partial charge in [-0.1, -0.05) is 169 Å². The summed E-state index contributed by atoms with van der Waals surface area (Å²) >= 11 is 0. The van der Waals surface area contributed by atoms with Crippen molar-refractivity contribution in [2.45, 2.75) is 25.7 Å². The SMILES string of the molecule is C(#Cc1cccc2ccccc12)C/C=C\CC#Cc1ccc(C#CC/C=C\CC#Cc2cccc3ccccc23)c2ccccc12. The molecule has 6 rings (SSSR count). The number of hydrogen-bond donors (Lipinski definition) is 0. The lowest BCUT2D eigenvalue weighted by Gasteiger charge is -2.03. The predicted molar refractivity (Wildman–Crippen MR) is 196 cm³/mol. The Kier molecular flexibility index (Phi) is 10.1. The monoisotopic (exact) mass is 584 g/mol. The van der Waals surface area contributed by atoms with Crippen LogP contribution in [-0.4, -0.2) is 0 Å². The van der Waals surface area contributed by atoms with E-state index in [4.69, 9.17) is 0 Å². The lowest BCUT2D eigenvalue weighted by molar-refractivity contribution is 1.37. The van der Waals surface area contributed by atoms with Gasteiger partial charge in [0, 0.05) is 47.9 Å². The van der Waals surface area contributed by atoms with Crippen LogP contribution in [0, 0.1) is 47.4 Å². The van der Waals surface area contributed by atoms with E-state index < -0.39 is 0 Å². The highest BCUT2D eigenvalue weighted by Crippen LogP contribution is 2.22. The van der Waals surface area contributed by atoms with E-state index in [0.717, 1.165) is 33.0 Å². The first-order valence-corrected chi connectivity index (χ1v) is 15.6. The minimum Gasteiger partial charge on any atom is -0.0937 e. The van der Waals surface area contributed by atoms with Crippen LogP contribution in [0.4, 0.5) is 0 Å². The summed E-state index contributed by atoms with van der Waals surface area (Å²) in [5, 5.41) is 7.09. The van der Waals surface area contributed by atoms with E-state index >= 15 is 0 Å². The predicted octanol–water partition coefficient (Wildman–Crippen LogP) is 10.6. The lowest BCUT2D eigenvalue weighted by atomic mass is 9.99. The van der Waals surface area contributed by atoms with Gasteiger partial charge in [-0.05, 0) is 56.6 Å². The van der Waals surface area contributed by atoms with E-state index in [-0.39, 0.29) is 0 Å². The van der Waals surface area contributed by atoms with E-state index in [1.165, 1.54) is 21.5 Å². The number of allylic oxidation sites excluding steroid dienone is 4. The molecule has 46 heavy (non-hydrogen) atoms. The third-order valence-electron chi connectivity index (χ3n) is 7.61. The Morgan fingerprint density at radius 3 is 1.00 bits per heavy atom. The van der Waals surface area contributed by atoms with Crippen molar-refractivity contribution in [1.29, 1.82) is 0 Å². The summed E-state index contributed by atoms with van der Waals surface area (Å²) in [7, 11) is 0. The summed E-state index contributed by atoms with van der Waals surface area (Å²) in [6.07, 6.45) is 11.1. The van der Waals surface area contributed by atoms with E-state index in [1.54, 1.807) is 0 Å². The standard InChI is InChI=1S/C46H32/c1(5-9-21-37-27-19-29-39-25-13-15-31-43(37)39)3-7-11-23-41-35-36-42(46-34-18-17-33-45(41)46)24-12-8-4-2-6-10-22-38-28-20-30-40-26-14-16-32-44(38)40/h1-4,13-20,25-36H,5-8H2/b3-1-,4-2-. The maximum absolute atomic E-state index is 3.36. The number of benzene rings is 6. The quantitative estimate of drug-likeness (QED) is 0.143. The molecule has 0 aliphatic carbocycles. The second-order valence-electron chi connectivity index (χ2n) is 10.7. The largest absolute Gasteiger partial charge is 0.0937 e. The van der Waals surface area contributed by atoms with Crippen molar-refractivity contribution in [3.05, 3.63) is 168 Å². The molecule has 0 aliphatic heterocycles. The third kappa shape index (κ3) is 7.66. The summed E-state index contributed by atoms with van der Waals surface area (Å²) in [5.41, 5.74) is 4.19. The molecule has 0 heteroatoms. The van der Waals surface area contributed by atoms with Crippen molar-refractivity contribution < 1.29 is 0 Å². The molecule has 0 aromatic heterocycles. The maximum atomic E-state index is 3.36. The van der Waals surface area contributed by atoms with Crippen LogP contribution in [0.1, 0.15) is 47.9 Å². The first kappa shape index (κ1) is 29.9. The molecule has 0 N–H and O–H groups in total. The molecule has 0 fully saturated rings. The summed E-state index contributed by atoms with van der Waals surface area (Å²) in [5.74, 6) is 26.5. The normalized spacial score (nSPS) is 10.5. The molecule has 0 bridgehead atoms. The second-order valence-corrected chi connectivity index (χ2v) is 10.7. The molecular formula is C46H32. The molecule has 0 atom stereocenters. The first-order valence-electron chi connectivity index (χ1n) is 15.6. The average Bonchev–Trinajstić information content (AvgIpc) is 3.11. The minimum absolute atomic E-state index is 0.685. The van der Waals surface area contributed by atoms with Gasteiger partial charge in [0.1, 0.15) is 0 Å². The van der Waals surface area contributed by atoms with Crippen LogP contribution in [0.2, 0.25) is 0 Å². The molecule has 0 nitrogen and oxygen atoms in total. The smallest absolute Gasteiger partial charge is 0.0324 e. The van der Waals surface area contributed by atoms with Gasteiger partial charge in [-0.3, -0.25) is 0 Å². The molecular weight excluding hydrogens is 553 g/mol. The van der Waals surface area contributed by atoms with Crippen LogP contribution in [0.5, 0.6) is 0 Å². The van der Waals surface area contributed by atoms with Crippen molar-refractivity contribution >= 4 is 32.3 Å². The maximum Gasteiger partial charge on any atom is 0.0324 e. The highest BCUT2D eigenvalue weighted by molar-refractivity contribution is 5.93. The van der Waals surface area contributed by atoms with Gasteiger partial charge in [-0.2, -0.15) is 0 Å². The van der Waals surface area contributed by atoms with E-state index in [1.807, 2.05) is 0 Å². The van der Waals surface area contributed by atoms with Crippen molar-refractivity contribution in [3.8, 4) is 47.4 Å². The van der Waals surface area contributed by atoms with Crippen LogP contribution in [0.25, 0.3) is 32.3 Å². The third-order valence-corrected chi connectivity index (χ3v) is 7.61. The Morgan fingerprint density at radius 2 is 0.609 bits per heavy atom. The zero-order chi connectivity index (χ0) is 31.2. The fourth-order valence-corrected chi connectivity index (χ4v) is 5.34. The van der Waals surface area contributed by atoms with Crippen LogP contribution < -0.4 is 0 Å². The van der Waals surface area contributed by atoms with Crippen molar-refractivity contribution in [1.82, 2.24) is 0 Å². The zero-order valence-electron chi connectivity index (χ0n) is 25.7. The zero-order valence-corrected chi connectivity index (χ0v) is 25.7. The molecule has 0 spiro atoms. The van der Waals surface area contributed by atoms with E-state index in [9.17, 15) is 0 Å². The van der Waals surface area contributed by atoms with Crippen molar-refractivity contribution in [2.24, 2.45) is 0 Å². The lowest BCUT2D eigenvalue weighted by Crippen LogP contribution is -1.84. The molecule has 0 unspecified atom stereocenters. The topological polar surface area (TPSA) is 0 Å². The van der Waals surface area contributed by atoms with Gasteiger partial charge in [0.05, 0.1) is 0 Å². The van der Waals surface area contributed by atoms with Gasteiger partial charge in [-0.15, -0.1) is 0 Å². The molecule has 0 heterocycles. The molecule has 0 saturated carbocycles. The number of fused-ring (bicyclic) bond motifs is 3. The Hall–Kier alpha value is -6.18. The van der Waals surface area contributed by atoms with Gasteiger partial charge in [0.25, 0.3) is 0 Å². The molecule has 216 valence electrons. The Balaban J connectivity index is 1.03. The van der Waals surface area contributed by atoms with Crippen LogP contribution in [0.15, 0.2) is 146 Å². The minimum atomic E-state index is 0.685. The number of rotatable bonds is 4. The summed E-state index contributed by atoms with van der Waals surface area (Å²) in [6, 6.07) is 41.8. The van der Waals surface area contributed by atoms with Crippen LogP contribution in [-0.2, 0) is 0 Å². The molecule has 0 amide bonds. The van der Waals surface area contributed by atoms with Crippen molar-refractivity contribution in [2.75, 3.05) is 0 Å². The Labute approximate surface area is 272 Å². The average molecular weight is 585 g/mol. The number of hydrogen-bond acceptors (Lipinski definition) is 0. The first-order chi connectivity index (χ1) is 22.9. The van der Waals surface area contributed by atoms with Crippen molar-refractivity contribution in [3.63, 3.8) is 0 Å². The van der Waals surface area contributed by atoms with Gasteiger partial charge >= 0.3 is 0 Å². The fraction of sp³-hybridized carbons (Fsp3) is 0.0870. The summed E-state index contributed by atoms with van der Waals surface area (Å²) in [4.78, 5) is 0. The highest BCUT2D eigenvalue weighted by atomic mass is 14.0. The van der Waals surface area contributed by atoms with Gasteiger partial charge < -0.3 is 0 Å². The summed E-state index contributed by atoms with van der Waals surface area (Å²) < 4.78 is 0. The molecule has 6 aromatic rings. The highest BCUT2D eigenvalue weighted by Gasteiger charge is 2.02. The molecule has 0 saturated heterocycles. The Bertz CT molecular complexity index is 2160. The van der Waals surface area contributed by atoms with Crippen LogP contribution >= 0.6 is 0 Å². The summed E-state index contributed by atoms with van der Waals surface area (Å²) in [6.45, 7) is 0. The van der Waals surface area contributed by atoms with E-state index in [2.05, 4.69) is 193 Å². The van der Waals surface area contributed by atoms with Gasteiger partial charge in [-0.25, -0.2) is 0 Å². The van der Waals surface area contributed by atoms with Gasteiger partial charge in [0.2, 0.25) is 0 Å². The Morgan fingerprint density at radius 1 is 0.304 bits per heavy atom. The fourth-order valence-electron chi connectivity index (χ4n) is 5.34. The van der Waals surface area contributed by atoms with Gasteiger partial charge in [0.15, 0.2) is 0 Å².